The average Bonchev–Trinajstić information content (AvgIpc) is 2.95. The molecule has 0 bridgehead atoms. The molecule has 0 radical (unpaired) electrons. The Labute approximate surface area is 144 Å². The number of carbonyl (C=O) groups excluding carboxylic acids is 1. The molecule has 0 saturated heterocycles. The molecule has 0 saturated carbocycles. The van der Waals surface area contributed by atoms with Crippen LogP contribution in [0.15, 0.2) is 36.4 Å². The van der Waals surface area contributed by atoms with E-state index in [1.54, 1.807) is 13.0 Å². The lowest BCUT2D eigenvalue weighted by atomic mass is 10.1. The van der Waals surface area contributed by atoms with Crippen molar-refractivity contribution in [3.8, 4) is 0 Å². The number of nitrogens with zero attached hydrogens (tertiary/aromatic N) is 3. The Morgan fingerprint density at radius 3 is 2.56 bits per heavy atom. The molecule has 0 aliphatic rings. The van der Waals surface area contributed by atoms with Gasteiger partial charge in [-0.15, -0.1) is 0 Å². The van der Waals surface area contributed by atoms with Gasteiger partial charge in [0.25, 0.3) is 17.3 Å². The van der Waals surface area contributed by atoms with Gasteiger partial charge in [-0.05, 0) is 19.1 Å². The summed E-state index contributed by atoms with van der Waals surface area (Å²) in [6, 6.07) is 8.40. The molecule has 1 amide bonds. The maximum atomic E-state index is 12.3. The van der Waals surface area contributed by atoms with Gasteiger partial charge in [0.15, 0.2) is 5.13 Å². The largest absolute Gasteiger partial charge is 0.298 e. The quantitative estimate of drug-likeness (QED) is 0.559. The van der Waals surface area contributed by atoms with Crippen LogP contribution in [0, 0.1) is 27.2 Å². The summed E-state index contributed by atoms with van der Waals surface area (Å²) in [5, 5.41) is 24.6. The molecule has 0 unspecified atom stereocenters. The van der Waals surface area contributed by atoms with Crippen molar-refractivity contribution in [2.45, 2.75) is 6.92 Å². The monoisotopic (exact) mass is 358 g/mol. The summed E-state index contributed by atoms with van der Waals surface area (Å²) in [4.78, 5) is 37.1. The lowest BCUT2D eigenvalue weighted by molar-refractivity contribution is -0.385. The molecule has 3 aromatic rings. The Balaban J connectivity index is 1.88. The van der Waals surface area contributed by atoms with Gasteiger partial charge >= 0.3 is 0 Å². The van der Waals surface area contributed by atoms with E-state index in [2.05, 4.69) is 10.3 Å². The van der Waals surface area contributed by atoms with Crippen molar-refractivity contribution in [2.24, 2.45) is 0 Å². The van der Waals surface area contributed by atoms with Crippen molar-refractivity contribution in [2.75, 3.05) is 5.32 Å². The topological polar surface area (TPSA) is 128 Å². The van der Waals surface area contributed by atoms with E-state index in [0.717, 1.165) is 11.3 Å². The Morgan fingerprint density at radius 1 is 1.12 bits per heavy atom. The number of nitro benzene ring substituents is 2. The summed E-state index contributed by atoms with van der Waals surface area (Å²) in [6.07, 6.45) is 0. The van der Waals surface area contributed by atoms with Crippen LogP contribution in [-0.2, 0) is 0 Å². The van der Waals surface area contributed by atoms with Gasteiger partial charge in [0.2, 0.25) is 0 Å². The van der Waals surface area contributed by atoms with Crippen LogP contribution in [0.25, 0.3) is 10.2 Å². The standard InChI is InChI=1S/C15H10N4O5S/c1-8-2-3-9(6-12(8)19(23)24)14(20)17-15-16-11-7-10(18(21)22)4-5-13(11)25-15/h2-7H,1H3,(H,16,17,20). The number of carbonyl (C=O) groups is 1. The van der Waals surface area contributed by atoms with Gasteiger partial charge in [0.1, 0.15) is 0 Å². The summed E-state index contributed by atoms with van der Waals surface area (Å²) >= 11 is 1.15. The number of rotatable bonds is 4. The molecule has 0 fully saturated rings. The highest BCUT2D eigenvalue weighted by Gasteiger charge is 2.17. The van der Waals surface area contributed by atoms with Crippen molar-refractivity contribution in [1.29, 1.82) is 0 Å². The number of aryl methyl sites for hydroxylation is 1. The number of fused-ring (bicyclic) bond motifs is 1. The molecular formula is C15H10N4O5S. The molecule has 25 heavy (non-hydrogen) atoms. The number of amides is 1. The first-order chi connectivity index (χ1) is 11.8. The summed E-state index contributed by atoms with van der Waals surface area (Å²) in [5.74, 6) is -0.545. The Bertz CT molecular complexity index is 1030. The number of nitrogens with one attached hydrogen (secondary N) is 1. The van der Waals surface area contributed by atoms with Crippen LogP contribution < -0.4 is 5.32 Å². The first-order valence-electron chi connectivity index (χ1n) is 6.96. The van der Waals surface area contributed by atoms with Gasteiger partial charge in [-0.1, -0.05) is 17.4 Å². The van der Waals surface area contributed by atoms with E-state index in [1.165, 1.54) is 30.3 Å². The molecule has 3 rings (SSSR count). The highest BCUT2D eigenvalue weighted by molar-refractivity contribution is 7.22. The van der Waals surface area contributed by atoms with Crippen LogP contribution in [0.5, 0.6) is 0 Å². The number of non-ortho nitro benzene ring substituents is 1. The SMILES string of the molecule is Cc1ccc(C(=O)Nc2nc3cc([N+](=O)[O-])ccc3s2)cc1[N+](=O)[O-]. The number of benzene rings is 2. The fourth-order valence-electron chi connectivity index (χ4n) is 2.20. The number of thiazole rings is 1. The van der Waals surface area contributed by atoms with E-state index in [1.807, 2.05) is 0 Å². The van der Waals surface area contributed by atoms with Gasteiger partial charge in [0.05, 0.1) is 20.1 Å². The van der Waals surface area contributed by atoms with E-state index >= 15 is 0 Å². The van der Waals surface area contributed by atoms with Crippen LogP contribution in [0.4, 0.5) is 16.5 Å². The predicted molar refractivity (Wildman–Crippen MR) is 92.1 cm³/mol. The van der Waals surface area contributed by atoms with Crippen LogP contribution in [-0.4, -0.2) is 20.7 Å². The number of hydrogen-bond acceptors (Lipinski definition) is 7. The number of aromatic nitrogens is 1. The molecule has 0 atom stereocenters. The zero-order valence-corrected chi connectivity index (χ0v) is 13.6. The Kier molecular flexibility index (Phi) is 4.11. The van der Waals surface area contributed by atoms with Crippen LogP contribution in [0.2, 0.25) is 0 Å². The molecule has 9 nitrogen and oxygen atoms in total. The molecule has 0 spiro atoms. The van der Waals surface area contributed by atoms with E-state index in [9.17, 15) is 25.0 Å². The molecule has 1 aromatic heterocycles. The third kappa shape index (κ3) is 3.28. The van der Waals surface area contributed by atoms with Gasteiger partial charge in [-0.25, -0.2) is 4.98 Å². The van der Waals surface area contributed by atoms with Gasteiger partial charge in [-0.3, -0.25) is 30.3 Å². The molecule has 1 heterocycles. The normalized spacial score (nSPS) is 10.6. The number of anilines is 1. The second-order valence-corrected chi connectivity index (χ2v) is 6.17. The third-order valence-corrected chi connectivity index (χ3v) is 4.42. The van der Waals surface area contributed by atoms with Crippen LogP contribution in [0.1, 0.15) is 15.9 Å². The van der Waals surface area contributed by atoms with E-state index in [-0.39, 0.29) is 22.1 Å². The van der Waals surface area contributed by atoms with Crippen molar-refractivity contribution >= 4 is 44.0 Å². The first-order valence-corrected chi connectivity index (χ1v) is 7.78. The zero-order valence-electron chi connectivity index (χ0n) is 12.8. The lowest BCUT2D eigenvalue weighted by Gasteiger charge is -2.03. The minimum absolute atomic E-state index is 0.0927. The van der Waals surface area contributed by atoms with Crippen molar-refractivity contribution in [1.82, 2.24) is 4.98 Å². The molecular weight excluding hydrogens is 348 g/mol. The lowest BCUT2D eigenvalue weighted by Crippen LogP contribution is -2.12. The van der Waals surface area contributed by atoms with Crippen molar-refractivity contribution in [3.63, 3.8) is 0 Å². The highest BCUT2D eigenvalue weighted by Crippen LogP contribution is 2.29. The molecule has 0 aliphatic heterocycles. The fraction of sp³-hybridized carbons (Fsp3) is 0.0667. The van der Waals surface area contributed by atoms with Crippen LogP contribution in [0.3, 0.4) is 0 Å². The summed E-state index contributed by atoms with van der Waals surface area (Å²) in [6.45, 7) is 1.58. The smallest absolute Gasteiger partial charge is 0.273 e. The Morgan fingerprint density at radius 2 is 1.88 bits per heavy atom. The molecule has 2 aromatic carbocycles. The summed E-state index contributed by atoms with van der Waals surface area (Å²) in [5.41, 5.74) is 0.734. The average molecular weight is 358 g/mol. The maximum Gasteiger partial charge on any atom is 0.273 e. The molecule has 126 valence electrons. The van der Waals surface area contributed by atoms with Crippen molar-refractivity contribution in [3.05, 3.63) is 67.8 Å². The van der Waals surface area contributed by atoms with E-state index in [4.69, 9.17) is 0 Å². The van der Waals surface area contributed by atoms with Gasteiger partial charge in [0, 0.05) is 29.3 Å². The second-order valence-electron chi connectivity index (χ2n) is 5.14. The minimum atomic E-state index is -0.553. The van der Waals surface area contributed by atoms with E-state index in [0.29, 0.717) is 15.8 Å². The number of nitro groups is 2. The fourth-order valence-corrected chi connectivity index (χ4v) is 3.04. The van der Waals surface area contributed by atoms with E-state index < -0.39 is 15.8 Å². The third-order valence-electron chi connectivity index (χ3n) is 3.47. The van der Waals surface area contributed by atoms with Gasteiger partial charge in [-0.2, -0.15) is 0 Å². The molecule has 1 N–H and O–H groups in total. The predicted octanol–water partition coefficient (Wildman–Crippen LogP) is 3.67. The first kappa shape index (κ1) is 16.5. The van der Waals surface area contributed by atoms with Crippen LogP contribution >= 0.6 is 11.3 Å². The zero-order chi connectivity index (χ0) is 18.1. The summed E-state index contributed by atoms with van der Waals surface area (Å²) in [7, 11) is 0. The highest BCUT2D eigenvalue weighted by atomic mass is 32.1. The maximum absolute atomic E-state index is 12.3. The number of hydrogen-bond donors (Lipinski definition) is 1. The second kappa shape index (κ2) is 6.24. The Hall–Kier alpha value is -3.40. The summed E-state index contributed by atoms with van der Waals surface area (Å²) < 4.78 is 0.677. The minimum Gasteiger partial charge on any atom is -0.298 e. The van der Waals surface area contributed by atoms with Gasteiger partial charge < -0.3 is 0 Å². The molecule has 0 aliphatic carbocycles. The molecule has 10 heteroatoms. The van der Waals surface area contributed by atoms with Crippen molar-refractivity contribution < 1.29 is 14.6 Å².